The number of rotatable bonds is 0. The first-order chi connectivity index (χ1) is 4.88. The molecule has 2 rings (SSSR count). The molecule has 2 nitrogen and oxygen atoms in total. The fraction of sp³-hybridized carbons (Fsp3) is 0. The molecule has 1 radical (unpaired) electrons. The summed E-state index contributed by atoms with van der Waals surface area (Å²) >= 11 is 0. The number of para-hydroxylation sites is 1. The largest absolute Gasteiger partial charge is 0.506 e. The van der Waals surface area contributed by atoms with Gasteiger partial charge in [-0.3, -0.25) is 0 Å². The van der Waals surface area contributed by atoms with Crippen LogP contribution in [0.25, 0.3) is 10.9 Å². The number of aromatic amines is 1. The van der Waals surface area contributed by atoms with Crippen molar-refractivity contribution in [1.29, 1.82) is 0 Å². The van der Waals surface area contributed by atoms with Crippen LogP contribution in [0.3, 0.4) is 0 Å². The van der Waals surface area contributed by atoms with Crippen molar-refractivity contribution in [2.24, 2.45) is 0 Å². The predicted molar refractivity (Wildman–Crippen MR) is 38.8 cm³/mol. The van der Waals surface area contributed by atoms with Crippen molar-refractivity contribution in [2.75, 3.05) is 0 Å². The van der Waals surface area contributed by atoms with Crippen molar-refractivity contribution in [3.63, 3.8) is 0 Å². The molecule has 2 aromatic rings. The number of fused-ring (bicyclic) bond motifs is 1. The van der Waals surface area contributed by atoms with Crippen molar-refractivity contribution in [3.05, 3.63) is 30.5 Å². The van der Waals surface area contributed by atoms with Crippen molar-refractivity contribution in [1.82, 2.24) is 4.98 Å². The van der Waals surface area contributed by atoms with E-state index in [1.54, 1.807) is 18.3 Å². The Labute approximate surface area is 58.1 Å². The zero-order valence-corrected chi connectivity index (χ0v) is 5.26. The van der Waals surface area contributed by atoms with Gasteiger partial charge in [-0.25, -0.2) is 0 Å². The Kier molecular flexibility index (Phi) is 0.947. The Morgan fingerprint density at radius 2 is 2.30 bits per heavy atom. The molecule has 0 bridgehead atoms. The smallest absolute Gasteiger partial charge is 0.139 e. The number of nitrogens with one attached hydrogen (secondary N) is 1. The third-order valence-corrected chi connectivity index (χ3v) is 1.49. The molecule has 0 aliphatic heterocycles. The van der Waals surface area contributed by atoms with E-state index in [-0.39, 0.29) is 5.75 Å². The lowest BCUT2D eigenvalue weighted by atomic mass is 10.2. The zero-order chi connectivity index (χ0) is 6.97. The Morgan fingerprint density at radius 3 is 3.10 bits per heavy atom. The second-order valence-corrected chi connectivity index (χ2v) is 2.13. The van der Waals surface area contributed by atoms with Gasteiger partial charge in [0.1, 0.15) is 5.75 Å². The van der Waals surface area contributed by atoms with Crippen LogP contribution in [0.15, 0.2) is 24.4 Å². The summed E-state index contributed by atoms with van der Waals surface area (Å²) in [6, 6.07) is 8.28. The van der Waals surface area contributed by atoms with Crippen LogP contribution < -0.4 is 0 Å². The van der Waals surface area contributed by atoms with Crippen molar-refractivity contribution < 1.29 is 5.11 Å². The van der Waals surface area contributed by atoms with Crippen LogP contribution in [-0.2, 0) is 0 Å². The van der Waals surface area contributed by atoms with E-state index >= 15 is 0 Å². The Morgan fingerprint density at radius 1 is 1.40 bits per heavy atom. The van der Waals surface area contributed by atoms with E-state index in [1.165, 1.54) is 0 Å². The number of phenols is 1. The number of hydrogen-bond acceptors (Lipinski definition) is 1. The summed E-state index contributed by atoms with van der Waals surface area (Å²) in [5, 5.41) is 10.1. The van der Waals surface area contributed by atoms with Gasteiger partial charge in [-0.2, -0.15) is 0 Å². The van der Waals surface area contributed by atoms with Gasteiger partial charge in [0.15, 0.2) is 0 Å². The third-order valence-electron chi connectivity index (χ3n) is 1.49. The quantitative estimate of drug-likeness (QED) is 0.562. The second kappa shape index (κ2) is 1.77. The summed E-state index contributed by atoms with van der Waals surface area (Å²) in [5.74, 6) is 0.277. The molecule has 0 atom stereocenters. The molecule has 10 heavy (non-hydrogen) atoms. The number of hydrogen-bond donors (Lipinski definition) is 2. The second-order valence-electron chi connectivity index (χ2n) is 2.13. The summed E-state index contributed by atoms with van der Waals surface area (Å²) in [6.45, 7) is 0. The molecular weight excluding hydrogens is 126 g/mol. The lowest BCUT2D eigenvalue weighted by molar-refractivity contribution is 0.480. The van der Waals surface area contributed by atoms with E-state index in [0.29, 0.717) is 0 Å². The highest BCUT2D eigenvalue weighted by atomic mass is 16.3. The predicted octanol–water partition coefficient (Wildman–Crippen LogP) is 1.67. The van der Waals surface area contributed by atoms with Crippen LogP contribution in [0.1, 0.15) is 0 Å². The third kappa shape index (κ3) is 0.589. The number of aromatic hydroxyl groups is 1. The van der Waals surface area contributed by atoms with Crippen LogP contribution in [0, 0.1) is 6.07 Å². The first-order valence-corrected chi connectivity index (χ1v) is 3.04. The van der Waals surface area contributed by atoms with E-state index < -0.39 is 0 Å². The topological polar surface area (TPSA) is 36.0 Å². The molecular formula is C8H6NO. The Bertz CT molecular complexity index is 351. The maximum absolute atomic E-state index is 9.21. The van der Waals surface area contributed by atoms with Gasteiger partial charge in [-0.05, 0) is 6.07 Å². The average molecular weight is 132 g/mol. The zero-order valence-electron chi connectivity index (χ0n) is 5.26. The van der Waals surface area contributed by atoms with Crippen molar-refractivity contribution in [3.8, 4) is 5.75 Å². The monoisotopic (exact) mass is 132 g/mol. The van der Waals surface area contributed by atoms with Crippen LogP contribution in [0.2, 0.25) is 0 Å². The number of benzene rings is 1. The lowest BCUT2D eigenvalue weighted by Gasteiger charge is -1.91. The minimum absolute atomic E-state index is 0.277. The van der Waals surface area contributed by atoms with Crippen molar-refractivity contribution >= 4 is 10.9 Å². The van der Waals surface area contributed by atoms with E-state index in [1.807, 2.05) is 6.07 Å². The highest BCUT2D eigenvalue weighted by Crippen LogP contribution is 2.20. The fourth-order valence-corrected chi connectivity index (χ4v) is 0.998. The van der Waals surface area contributed by atoms with Gasteiger partial charge in [-0.1, -0.05) is 12.1 Å². The first kappa shape index (κ1) is 5.35. The molecule has 2 N–H and O–H groups in total. The van der Waals surface area contributed by atoms with Crippen molar-refractivity contribution in [2.45, 2.75) is 0 Å². The summed E-state index contributed by atoms with van der Waals surface area (Å²) < 4.78 is 0. The minimum atomic E-state index is 0.277. The lowest BCUT2D eigenvalue weighted by Crippen LogP contribution is -1.67. The molecule has 1 heterocycles. The molecule has 0 aliphatic rings. The molecule has 0 saturated heterocycles. The normalized spacial score (nSPS) is 10.4. The standard InChI is InChI=1S/C8H6NO/c10-7-3-1-2-6-4-5-9-8(6)7/h1-3,5,9-10H. The highest BCUT2D eigenvalue weighted by molar-refractivity contribution is 5.84. The van der Waals surface area contributed by atoms with Crippen LogP contribution in [0.5, 0.6) is 5.75 Å². The minimum Gasteiger partial charge on any atom is -0.506 e. The molecule has 0 amide bonds. The van der Waals surface area contributed by atoms with Crippen LogP contribution in [-0.4, -0.2) is 10.1 Å². The number of aromatic nitrogens is 1. The summed E-state index contributed by atoms with van der Waals surface area (Å²) in [5.41, 5.74) is 0.752. The van der Waals surface area contributed by atoms with Gasteiger partial charge < -0.3 is 10.1 Å². The highest BCUT2D eigenvalue weighted by Gasteiger charge is 1.96. The van der Waals surface area contributed by atoms with Crippen LogP contribution in [0.4, 0.5) is 0 Å². The average Bonchev–Trinajstić information content (AvgIpc) is 2.36. The summed E-state index contributed by atoms with van der Waals surface area (Å²) in [7, 11) is 0. The summed E-state index contributed by atoms with van der Waals surface area (Å²) in [6.07, 6.45) is 1.68. The molecule has 0 unspecified atom stereocenters. The molecule has 2 heteroatoms. The van der Waals surface area contributed by atoms with Gasteiger partial charge in [-0.15, -0.1) is 0 Å². The van der Waals surface area contributed by atoms with Gasteiger partial charge in [0.25, 0.3) is 0 Å². The molecule has 0 fully saturated rings. The fourth-order valence-electron chi connectivity index (χ4n) is 0.998. The van der Waals surface area contributed by atoms with E-state index in [2.05, 4.69) is 11.1 Å². The molecule has 49 valence electrons. The Hall–Kier alpha value is -1.44. The van der Waals surface area contributed by atoms with Crippen LogP contribution >= 0.6 is 0 Å². The molecule has 0 spiro atoms. The molecule has 1 aromatic carbocycles. The molecule has 0 aliphatic carbocycles. The SMILES string of the molecule is Oc1cccc2[c]c[nH]c12. The van der Waals surface area contributed by atoms with E-state index in [4.69, 9.17) is 0 Å². The Balaban J connectivity index is 2.95. The number of phenolic OH excluding ortho intramolecular Hbond substituents is 1. The molecule has 0 saturated carbocycles. The van der Waals surface area contributed by atoms with E-state index in [0.717, 1.165) is 10.9 Å². The van der Waals surface area contributed by atoms with Gasteiger partial charge in [0.05, 0.1) is 5.52 Å². The van der Waals surface area contributed by atoms with E-state index in [9.17, 15) is 5.11 Å². The summed E-state index contributed by atoms with van der Waals surface area (Å²) in [4.78, 5) is 2.88. The number of H-pyrrole nitrogens is 1. The first-order valence-electron chi connectivity index (χ1n) is 3.04. The molecule has 1 aromatic heterocycles. The van der Waals surface area contributed by atoms with Gasteiger partial charge in [0.2, 0.25) is 0 Å². The maximum atomic E-state index is 9.21. The van der Waals surface area contributed by atoms with Gasteiger partial charge in [0, 0.05) is 17.6 Å². The maximum Gasteiger partial charge on any atom is 0.139 e. The van der Waals surface area contributed by atoms with Gasteiger partial charge >= 0.3 is 0 Å².